The fourth-order valence-electron chi connectivity index (χ4n) is 22.0. The molecule has 8 saturated heterocycles. The molecule has 48 atom stereocenters. The summed E-state index contributed by atoms with van der Waals surface area (Å²) in [5, 5.41) is 233. The quantitative estimate of drug-likeness (QED) is 0.0220. The van der Waals surface area contributed by atoms with Gasteiger partial charge in [-0.05, 0) is 118 Å². The number of rotatable bonds is 21. The monoisotopic (exact) mass is 1730 g/mol. The van der Waals surface area contributed by atoms with Crippen molar-refractivity contribution in [1.82, 2.24) is 0 Å². The van der Waals surface area contributed by atoms with Crippen molar-refractivity contribution < 1.29 is 207 Å². The van der Waals surface area contributed by atoms with Gasteiger partial charge >= 0.3 is 17.9 Å². The lowest BCUT2D eigenvalue weighted by molar-refractivity contribution is -0.403. The van der Waals surface area contributed by atoms with E-state index in [1.165, 1.54) is 20.8 Å². The highest BCUT2D eigenvalue weighted by atomic mass is 16.8. The van der Waals surface area contributed by atoms with Crippen LogP contribution in [0.4, 0.5) is 0 Å². The summed E-state index contributed by atoms with van der Waals surface area (Å²) in [6, 6.07) is 0. The van der Waals surface area contributed by atoms with Gasteiger partial charge in [0.15, 0.2) is 62.3 Å². The minimum Gasteiger partial charge on any atom is -0.479 e. The van der Waals surface area contributed by atoms with Gasteiger partial charge in [-0.2, -0.15) is 0 Å². The predicted octanol–water partition coefficient (Wildman–Crippen LogP) is -7.56. The maximum Gasteiger partial charge on any atom is 0.335 e. The zero-order chi connectivity index (χ0) is 87.8. The van der Waals surface area contributed by atoms with E-state index < -0.39 is 334 Å². The number of aldehydes is 1. The van der Waals surface area contributed by atoms with Gasteiger partial charge in [-0.1, -0.05) is 53.2 Å². The molecule has 12 fully saturated rings. The summed E-state index contributed by atoms with van der Waals surface area (Å²) in [4.78, 5) is 57.4. The Kier molecular flexibility index (Phi) is 28.1. The van der Waals surface area contributed by atoms with E-state index in [4.69, 9.17) is 80.5 Å². The van der Waals surface area contributed by atoms with Gasteiger partial charge in [0, 0.05) is 6.92 Å². The summed E-state index contributed by atoms with van der Waals surface area (Å²) in [7, 11) is 0. The highest BCUT2D eigenvalue weighted by Crippen LogP contribution is 2.76. The number of hydrogen-bond donors (Lipinski definition) is 21. The van der Waals surface area contributed by atoms with Crippen molar-refractivity contribution in [1.29, 1.82) is 0 Å². The maximum atomic E-state index is 16.5. The van der Waals surface area contributed by atoms with Gasteiger partial charge in [-0.15, -0.1) is 0 Å². The molecular weight excluding hydrogens is 1610 g/mol. The van der Waals surface area contributed by atoms with Crippen LogP contribution in [0.2, 0.25) is 0 Å². The Bertz CT molecular complexity index is 3580. The molecule has 0 aromatic carbocycles. The van der Waals surface area contributed by atoms with E-state index in [1.807, 2.05) is 13.8 Å². The molecule has 42 nitrogen and oxygen atoms in total. The number of esters is 2. The Hall–Kier alpha value is -3.58. The second-order valence-electron chi connectivity index (χ2n) is 36.9. The van der Waals surface area contributed by atoms with E-state index in [0.717, 1.165) is 18.8 Å². The fraction of sp³-hybridized carbons (Fsp3) is 0.923. The number of allylic oxidation sites excluding steroid dienone is 2. The van der Waals surface area contributed by atoms with Crippen LogP contribution in [-0.4, -0.2) is 404 Å². The average molecular weight is 1730 g/mol. The van der Waals surface area contributed by atoms with Crippen LogP contribution in [0.3, 0.4) is 0 Å². The number of carboxylic acids is 1. The first kappa shape index (κ1) is 94.0. The Balaban J connectivity index is 0.824. The van der Waals surface area contributed by atoms with Crippen LogP contribution in [0, 0.1) is 50.2 Å². The molecule has 8 heterocycles. The lowest BCUT2D eigenvalue weighted by atomic mass is 9.33. The minimum atomic E-state index is -2.28. The lowest BCUT2D eigenvalue weighted by Gasteiger charge is -2.71. The Morgan fingerprint density at radius 1 is 0.450 bits per heavy atom. The van der Waals surface area contributed by atoms with Gasteiger partial charge in [0.25, 0.3) is 0 Å². The molecule has 13 aliphatic rings. The number of aliphatic hydroxyl groups excluding tert-OH is 20. The number of carboxylic acid groups (broad SMARTS) is 1. The highest BCUT2D eigenvalue weighted by Gasteiger charge is 2.74. The van der Waals surface area contributed by atoms with E-state index in [2.05, 4.69) is 26.8 Å². The summed E-state index contributed by atoms with van der Waals surface area (Å²) in [5.74, 6) is -5.46. The van der Waals surface area contributed by atoms with Crippen molar-refractivity contribution in [3.63, 3.8) is 0 Å². The molecule has 0 unspecified atom stereocenters. The first-order valence-corrected chi connectivity index (χ1v) is 41.3. The molecule has 0 bridgehead atoms. The van der Waals surface area contributed by atoms with Crippen molar-refractivity contribution in [3.8, 4) is 0 Å². The molecule has 13 rings (SSSR count). The summed E-state index contributed by atoms with van der Waals surface area (Å²) in [6.45, 7) is 14.1. The summed E-state index contributed by atoms with van der Waals surface area (Å²) < 4.78 is 105. The second kappa shape index (κ2) is 35.8. The van der Waals surface area contributed by atoms with Crippen LogP contribution >= 0.6 is 0 Å². The summed E-state index contributed by atoms with van der Waals surface area (Å²) >= 11 is 0. The molecule has 686 valence electrons. The molecule has 4 saturated carbocycles. The minimum absolute atomic E-state index is 0.00142. The molecule has 0 spiro atoms. The third-order valence-electron chi connectivity index (χ3n) is 29.2. The van der Waals surface area contributed by atoms with Gasteiger partial charge in [-0.25, -0.2) is 4.79 Å². The molecule has 120 heavy (non-hydrogen) atoms. The van der Waals surface area contributed by atoms with Gasteiger partial charge in [0.2, 0.25) is 6.29 Å². The van der Waals surface area contributed by atoms with Gasteiger partial charge in [0.1, 0.15) is 158 Å². The molecule has 8 aliphatic heterocycles. The third-order valence-corrected chi connectivity index (χ3v) is 29.2. The Morgan fingerprint density at radius 2 is 0.925 bits per heavy atom. The molecule has 0 amide bonds. The lowest BCUT2D eigenvalue weighted by Crippen LogP contribution is -2.70. The normalized spacial score (nSPS) is 54.1. The molecule has 0 aromatic rings. The van der Waals surface area contributed by atoms with Crippen molar-refractivity contribution in [2.75, 3.05) is 26.4 Å². The van der Waals surface area contributed by atoms with Crippen LogP contribution < -0.4 is 0 Å². The number of aliphatic hydroxyl groups is 20. The first-order valence-electron chi connectivity index (χ1n) is 41.3. The SMILES string of the molecule is CC(=O)O[C@@H]1[C@H](O[C@@H]2O[C@@H](C)[C@H](O)[C@@H](O)[C@H]2O)[C@@H](O[C@@H]2O[C@@H](C)[C@H](O[C@@H]3OC[C@@H](O)[C@H](O)[C@H]3O)[C@@H](O[C@@H]3O[C@H](CO)[C@@H](O)[C@H](O)[C@H]3O)[C@H]2O)[C@H](OC(=O)[C@]23CCC(C)(C)C[C@H]2C2=CC[C@@H]4[C@@]5(C)CC[C@H](O[C@@H]6O[C@H](C(=O)O)[C@@H](O)[C@H](O[C@@H]7OC[C@@H](O)[C@H](O)[C@H]7O)[C@H]6O[C@@H]6O[C@H](CO)[C@H](O)[C@H](O)[C@H]6O)[C@@](C)(C=O)[C@@H]5CC[C@@]4(C)[C@]2(C)C[C@H]3O)O[C@@H]1C. The smallest absolute Gasteiger partial charge is 0.335 e. The Labute approximate surface area is 689 Å². The molecule has 0 aromatic heterocycles. The zero-order valence-electron chi connectivity index (χ0n) is 68.1. The van der Waals surface area contributed by atoms with E-state index in [0.29, 0.717) is 32.1 Å². The van der Waals surface area contributed by atoms with Crippen molar-refractivity contribution in [2.24, 2.45) is 50.2 Å². The van der Waals surface area contributed by atoms with E-state index in [1.54, 1.807) is 6.92 Å². The molecule has 21 N–H and O–H groups in total. The van der Waals surface area contributed by atoms with Crippen LogP contribution in [-0.2, 0) is 99.7 Å². The Morgan fingerprint density at radius 3 is 1.48 bits per heavy atom. The van der Waals surface area contributed by atoms with E-state index >= 15 is 4.79 Å². The second-order valence-corrected chi connectivity index (χ2v) is 36.9. The van der Waals surface area contributed by atoms with Crippen molar-refractivity contribution in [2.45, 2.75) is 373 Å². The number of hydrogen-bond acceptors (Lipinski definition) is 41. The van der Waals surface area contributed by atoms with Crippen molar-refractivity contribution in [3.05, 3.63) is 11.6 Å². The fourth-order valence-corrected chi connectivity index (χ4v) is 22.0. The number of aliphatic carboxylic acids is 1. The number of carbonyl (C=O) groups is 4. The predicted molar refractivity (Wildman–Crippen MR) is 389 cm³/mol. The van der Waals surface area contributed by atoms with Gasteiger partial charge < -0.3 is 193 Å². The van der Waals surface area contributed by atoms with Crippen molar-refractivity contribution >= 4 is 24.2 Å². The van der Waals surface area contributed by atoms with E-state index in [-0.39, 0.29) is 31.6 Å². The zero-order valence-corrected chi connectivity index (χ0v) is 68.1. The van der Waals surface area contributed by atoms with Gasteiger partial charge in [0.05, 0.1) is 62.4 Å². The molecule has 0 radical (unpaired) electrons. The number of ether oxygens (including phenoxy) is 17. The molecule has 42 heteroatoms. The van der Waals surface area contributed by atoms with Gasteiger partial charge in [-0.3, -0.25) is 9.59 Å². The molecule has 5 aliphatic carbocycles. The highest BCUT2D eigenvalue weighted by molar-refractivity contribution is 5.80. The average Bonchev–Trinajstić information content (AvgIpc) is 0.668. The van der Waals surface area contributed by atoms with Crippen LogP contribution in [0.15, 0.2) is 11.6 Å². The molecular formula is C78H122O42. The van der Waals surface area contributed by atoms with Crippen LogP contribution in [0.5, 0.6) is 0 Å². The summed E-state index contributed by atoms with van der Waals surface area (Å²) in [6.07, 6.45) is -70.1. The number of carbonyl (C=O) groups excluding carboxylic acids is 3. The third kappa shape index (κ3) is 16.5. The largest absolute Gasteiger partial charge is 0.479 e. The number of fused-ring (bicyclic) bond motifs is 7. The van der Waals surface area contributed by atoms with E-state index in [9.17, 15) is 122 Å². The van der Waals surface area contributed by atoms with Crippen LogP contribution in [0.25, 0.3) is 0 Å². The van der Waals surface area contributed by atoms with Crippen LogP contribution in [0.1, 0.15) is 127 Å². The summed E-state index contributed by atoms with van der Waals surface area (Å²) in [5.41, 5.74) is -5.59. The first-order chi connectivity index (χ1) is 56.3. The maximum absolute atomic E-state index is 16.5. The standard InChI is InChI=1S/C78H122O42/c1-26-40(86)45(91)50(96)66(106-26)117-60-56(109-29(4)82)28(3)108-70(62(60)119-69-54(100)58(115-67-51(97)46(92)43(89)34(21-79)110-67)55(27(2)107-69)113-64-48(94)41(87)32(83)23-104-64)120-72(103)78-18-17-73(5,6)19-31(78)30-11-12-37-74(7)15-14-39(75(8,25-81)36(74)13-16-76(37,9)77(30,10)20-38(78)85)112-71-61(118-68-52(98)47(93)44(90)35(22-80)111-68)57(53(99)59(116-71)63(101)102)114-65-49(95)42(88)33(84)24-105-65/h11,25-28,31-62,64-71,79-80,83-100H,12-24H2,1-10H3,(H,101,102)/t26-,27-,28+,31-,32+,33+,34+,35+,36+,37+,38+,39-,40-,41-,42-,43+,44-,45+,46-,47-,48+,49+,50+,51+,52+,53-,54+,55-,56-,57-,58-,59-,60-,61+,62+,64-,65-,66-,67-,68-,69-,70-,71+,74-,75-,76+,77+,78+/m0/s1. The topological polar surface area (TPSA) is 650 Å².